The Kier molecular flexibility index (Phi) is 23.6. The molecule has 34 heteroatoms. The van der Waals surface area contributed by atoms with Gasteiger partial charge in [0.2, 0.25) is 17.7 Å². The number of nitrogens with two attached hydrogens (primary N) is 1. The van der Waals surface area contributed by atoms with Crippen LogP contribution in [0.2, 0.25) is 0 Å². The summed E-state index contributed by atoms with van der Waals surface area (Å²) in [6.45, 7) is 21.7. The van der Waals surface area contributed by atoms with E-state index in [0.29, 0.717) is 144 Å². The molecular weight excluding hydrogens is 1660 g/mol. The summed E-state index contributed by atoms with van der Waals surface area (Å²) in [6.07, 6.45) is 2.86. The van der Waals surface area contributed by atoms with Crippen molar-refractivity contribution in [1.82, 2.24) is 55.2 Å². The van der Waals surface area contributed by atoms with Gasteiger partial charge < -0.3 is 90.1 Å². The molecule has 6 aliphatic heterocycles. The van der Waals surface area contributed by atoms with Crippen molar-refractivity contribution in [2.45, 2.75) is 271 Å². The molecule has 31 nitrogen and oxygen atoms in total. The number of carbonyl (C=O) groups excluding carboxylic acids is 7. The van der Waals surface area contributed by atoms with Crippen LogP contribution in [0, 0.1) is 38.2 Å². The zero-order chi connectivity index (χ0) is 91.8. The van der Waals surface area contributed by atoms with Crippen molar-refractivity contribution in [1.29, 1.82) is 0 Å². The number of nitrogens with zero attached hydrogens (tertiary/aromatic N) is 6. The predicted molar refractivity (Wildman–Crippen MR) is 462 cm³/mol. The number of halogens is 3. The molecule has 18 rings (SSSR count). The number of rotatable bonds is 17. The second kappa shape index (κ2) is 33.7. The first-order chi connectivity index (χ1) is 60.6. The van der Waals surface area contributed by atoms with Crippen LogP contribution in [0.3, 0.4) is 0 Å². The molecule has 0 fully saturated rings. The SMILES string of the molecule is CC[C@@]1(O)C(=O)OCc2c1cc1n(c2=O)Cc2c-1nc1cc(F)c(C)c3c1c2[C@@H](NC(=O)CCCN)CC3.CC[C@@]1(O)C(=O)OCc2c1cc1n(c2=O)Cc2c-1nc1cc(F)c(C)c3c1c2[C@@H](NC(=O)CCCNC(=O)OC(C)(C)C)CC3.CC[C@]1(O)c2cc3n(c(=O)c2COC1O)Cc1c-3nc2cc(F)c(C)c3c2c1[C@@H](NC(=O)CCCNC(=O)OC(C)(C)C)CC3. The van der Waals surface area contributed by atoms with E-state index in [0.717, 1.165) is 66.2 Å². The highest BCUT2D eigenvalue weighted by molar-refractivity contribution is 5.97. The number of benzene rings is 3. The maximum atomic E-state index is 15.1. The van der Waals surface area contributed by atoms with Gasteiger partial charge in [0.15, 0.2) is 17.5 Å². The monoisotopic (exact) mass is 1760 g/mol. The fourth-order valence-corrected chi connectivity index (χ4v) is 19.8. The third-order valence-corrected chi connectivity index (χ3v) is 26.4. The number of aliphatic hydroxyl groups excluding tert-OH is 1. The molecule has 11 N–H and O–H groups in total. The van der Waals surface area contributed by atoms with Crippen LogP contribution in [0.5, 0.6) is 0 Å². The average molecular weight is 1760 g/mol. The van der Waals surface area contributed by atoms with Gasteiger partial charge in [0.05, 0.1) is 106 Å². The van der Waals surface area contributed by atoms with Gasteiger partial charge in [0.25, 0.3) is 16.7 Å². The summed E-state index contributed by atoms with van der Waals surface area (Å²) < 4.78 is 76.1. The highest BCUT2D eigenvalue weighted by Crippen LogP contribution is 2.51. The summed E-state index contributed by atoms with van der Waals surface area (Å²) in [4.78, 5) is 144. The number of nitrogens with one attached hydrogen (secondary N) is 5. The largest absolute Gasteiger partial charge is 0.458 e. The van der Waals surface area contributed by atoms with Crippen LogP contribution in [0.4, 0.5) is 22.8 Å². The van der Waals surface area contributed by atoms with Crippen LogP contribution in [-0.4, -0.2) is 128 Å². The van der Waals surface area contributed by atoms with E-state index >= 15 is 8.78 Å². The fourth-order valence-electron chi connectivity index (χ4n) is 19.8. The van der Waals surface area contributed by atoms with Gasteiger partial charge in [0.1, 0.15) is 47.5 Å². The molecule has 7 atom stereocenters. The van der Waals surface area contributed by atoms with E-state index in [4.69, 9.17) is 44.4 Å². The summed E-state index contributed by atoms with van der Waals surface area (Å²) in [6, 6.07) is 7.94. The van der Waals surface area contributed by atoms with Crippen molar-refractivity contribution < 1.29 is 90.8 Å². The molecule has 0 spiro atoms. The van der Waals surface area contributed by atoms with Crippen molar-refractivity contribution in [3.63, 3.8) is 0 Å². The van der Waals surface area contributed by atoms with E-state index < -0.39 is 76.1 Å². The molecule has 0 saturated carbocycles. The minimum atomic E-state index is -1.97. The number of alkyl carbamates (subject to hydrolysis) is 2. The van der Waals surface area contributed by atoms with Gasteiger partial charge >= 0.3 is 24.1 Å². The van der Waals surface area contributed by atoms with Crippen molar-refractivity contribution in [2.24, 2.45) is 5.73 Å². The lowest BCUT2D eigenvalue weighted by atomic mass is 9.81. The summed E-state index contributed by atoms with van der Waals surface area (Å²) in [5, 5.41) is 61.3. The Morgan fingerprint density at radius 3 is 1.13 bits per heavy atom. The average Bonchev–Trinajstić information content (AvgIpc) is 1.56. The standard InChI is InChI=1S/C33H39FN4O7.C33H37FN4O7.C28H29FN4O5/c2*1-6-33(43)20-12-24-28-18(14-38(24)29(40)19(20)15-44-30(33)41)27-22(10-9-17-16(2)21(34)13-23(37-28)26(17)27)36-25(39)8-7-11-35-31(42)45-32(3,4)5;1-3-28(37)17-9-21-25-15(11-33(21)26(35)16(17)12-38-27(28)36)24-19(31-22(34)5-4-8-30)7-6-14-13(2)18(29)10-20(32-25)23(14)24/h12-13,22,30,41,43H,6-11,14-15H2,1-5H3,(H,35,42)(H,36,39);12-13,22,43H,6-11,14-15H2,1-5H3,(H,35,42)(H,36,39);9-10,19,37H,3-8,11-12,30H2,1-2H3,(H,31,34)/t22-,30?,33-;22-,33-;19-,28-/m000/s1. The molecule has 9 aromatic rings. The smallest absolute Gasteiger partial charge is 0.407 e. The number of aromatic nitrogens is 6. The van der Waals surface area contributed by atoms with Crippen LogP contribution in [0.25, 0.3) is 66.9 Å². The first kappa shape index (κ1) is 89.6. The van der Waals surface area contributed by atoms with Crippen molar-refractivity contribution in [3.05, 3.63) is 185 Å². The second-order valence-corrected chi connectivity index (χ2v) is 36.5. The van der Waals surface area contributed by atoms with E-state index in [1.165, 1.54) is 18.2 Å². The predicted octanol–water partition coefficient (Wildman–Crippen LogP) is 10.0. The Bertz CT molecular complexity index is 6470. The van der Waals surface area contributed by atoms with Crippen LogP contribution in [-0.2, 0) is 123 Å². The lowest BCUT2D eigenvalue weighted by Gasteiger charge is -2.37. The normalized spacial score (nSPS) is 20.8. The number of esters is 2. The van der Waals surface area contributed by atoms with Crippen LogP contribution >= 0.6 is 0 Å². The second-order valence-electron chi connectivity index (χ2n) is 36.5. The van der Waals surface area contributed by atoms with E-state index in [-0.39, 0.29) is 165 Å². The maximum absolute atomic E-state index is 15.1. The van der Waals surface area contributed by atoms with E-state index in [9.17, 15) is 72.8 Å². The molecule has 6 aromatic heterocycles. The number of pyridine rings is 6. The highest BCUT2D eigenvalue weighted by atomic mass is 19.1. The minimum absolute atomic E-state index is 0.0141. The number of carbonyl (C=O) groups is 7. The first-order valence-electron chi connectivity index (χ1n) is 43.7. The number of hydrogen-bond acceptors (Lipinski definition) is 23. The van der Waals surface area contributed by atoms with Gasteiger partial charge in [0, 0.05) is 106 Å². The van der Waals surface area contributed by atoms with Gasteiger partial charge in [-0.15, -0.1) is 0 Å². The highest BCUT2D eigenvalue weighted by Gasteiger charge is 2.50. The van der Waals surface area contributed by atoms with Crippen LogP contribution in [0.1, 0.15) is 258 Å². The number of aryl methyl sites for hydroxylation is 3. The summed E-state index contributed by atoms with van der Waals surface area (Å²) in [7, 11) is 0. The molecule has 0 radical (unpaired) electrons. The summed E-state index contributed by atoms with van der Waals surface area (Å²) in [5.74, 6) is -3.26. The van der Waals surface area contributed by atoms with E-state index in [1.807, 2.05) is 0 Å². The minimum Gasteiger partial charge on any atom is -0.458 e. The molecule has 9 aliphatic rings. The lowest BCUT2D eigenvalue weighted by Crippen LogP contribution is -2.47. The number of amides is 5. The molecule has 676 valence electrons. The third kappa shape index (κ3) is 15.5. The third-order valence-electron chi connectivity index (χ3n) is 26.4. The first-order valence-corrected chi connectivity index (χ1v) is 43.7. The Morgan fingerprint density at radius 1 is 0.484 bits per heavy atom. The van der Waals surface area contributed by atoms with Gasteiger partial charge in [-0.1, -0.05) is 20.8 Å². The zero-order valence-electron chi connectivity index (χ0n) is 73.6. The van der Waals surface area contributed by atoms with Crippen molar-refractivity contribution in [3.8, 4) is 34.2 Å². The van der Waals surface area contributed by atoms with Crippen LogP contribution in [0.15, 0.2) is 50.8 Å². The quantitative estimate of drug-likeness (QED) is 0.0230. The van der Waals surface area contributed by atoms with Gasteiger partial charge in [-0.2, -0.15) is 0 Å². The topological polar surface area (TPSA) is 437 Å². The Hall–Kier alpha value is -11.8. The molecule has 0 saturated heterocycles. The number of cyclic esters (lactones) is 2. The fraction of sp³-hybridized carbons (Fsp3) is 0.479. The Balaban J connectivity index is 0.000000142. The molecule has 128 heavy (non-hydrogen) atoms. The molecule has 3 aliphatic carbocycles. The zero-order valence-corrected chi connectivity index (χ0v) is 73.6. The van der Waals surface area contributed by atoms with E-state index in [1.54, 1.807) is 115 Å². The number of fused-ring (bicyclic) bond motifs is 15. The van der Waals surface area contributed by atoms with Gasteiger partial charge in [-0.25, -0.2) is 47.3 Å². The molecule has 0 bridgehead atoms. The number of aliphatic hydroxyl groups is 4. The number of ether oxygens (including phenoxy) is 5. The van der Waals surface area contributed by atoms with E-state index in [2.05, 4.69) is 26.6 Å². The van der Waals surface area contributed by atoms with Crippen LogP contribution < -0.4 is 49.0 Å². The number of hydrogen-bond donors (Lipinski definition) is 10. The Morgan fingerprint density at radius 2 is 0.812 bits per heavy atom. The molecule has 5 amide bonds. The molecule has 1 unspecified atom stereocenters. The molecule has 3 aromatic carbocycles. The van der Waals surface area contributed by atoms with Gasteiger partial charge in [-0.3, -0.25) is 28.8 Å². The molecule has 12 heterocycles. The van der Waals surface area contributed by atoms with Crippen molar-refractivity contribution >= 4 is 74.6 Å². The van der Waals surface area contributed by atoms with Gasteiger partial charge in [-0.05, 0) is 214 Å². The summed E-state index contributed by atoms with van der Waals surface area (Å²) >= 11 is 0. The summed E-state index contributed by atoms with van der Waals surface area (Å²) in [5.41, 5.74) is 11.8. The Labute approximate surface area is 733 Å². The molecular formula is C94H105F3N12O19. The lowest BCUT2D eigenvalue weighted by molar-refractivity contribution is -0.236. The maximum Gasteiger partial charge on any atom is 0.407 e. The van der Waals surface area contributed by atoms with Crippen molar-refractivity contribution in [2.75, 3.05) is 19.6 Å².